The molecule has 0 spiro atoms. The van der Waals surface area contributed by atoms with Gasteiger partial charge in [-0.3, -0.25) is 14.9 Å². The quantitative estimate of drug-likeness (QED) is 0.418. The standard InChI is InChI=1S/C18H21N5O4S/c1-2-19-15-5-3-13(11-16(15)23(25)26)18(24)21-20-12-14-4-6-17(28-14)22-7-9-27-10-8-22/h3-6,11-12,19H,2,7-10H2,1H3,(H,21,24). The zero-order valence-electron chi connectivity index (χ0n) is 15.4. The number of amides is 1. The van der Waals surface area contributed by atoms with Crippen molar-refractivity contribution in [2.24, 2.45) is 5.10 Å². The second-order valence-electron chi connectivity index (χ2n) is 5.99. The van der Waals surface area contributed by atoms with Crippen molar-refractivity contribution in [1.82, 2.24) is 5.43 Å². The van der Waals surface area contributed by atoms with Crippen molar-refractivity contribution in [3.05, 3.63) is 50.9 Å². The number of anilines is 2. The van der Waals surface area contributed by atoms with Gasteiger partial charge in [0.05, 0.1) is 29.4 Å². The van der Waals surface area contributed by atoms with Crippen molar-refractivity contribution in [2.45, 2.75) is 6.92 Å². The van der Waals surface area contributed by atoms with Gasteiger partial charge in [-0.15, -0.1) is 11.3 Å². The van der Waals surface area contributed by atoms with E-state index in [2.05, 4.69) is 20.7 Å². The molecule has 3 rings (SSSR count). The molecule has 0 atom stereocenters. The van der Waals surface area contributed by atoms with Gasteiger partial charge in [-0.1, -0.05) is 0 Å². The largest absolute Gasteiger partial charge is 0.380 e. The number of carbonyl (C=O) groups excluding carboxylic acids is 1. The minimum absolute atomic E-state index is 0.146. The van der Waals surface area contributed by atoms with Crippen LogP contribution in [-0.2, 0) is 4.74 Å². The maximum atomic E-state index is 12.2. The second kappa shape index (κ2) is 9.29. The first kappa shape index (κ1) is 19.8. The van der Waals surface area contributed by atoms with Gasteiger partial charge < -0.3 is 15.0 Å². The van der Waals surface area contributed by atoms with Crippen LogP contribution in [0.5, 0.6) is 0 Å². The normalized spacial score (nSPS) is 14.2. The number of rotatable bonds is 7. The highest BCUT2D eigenvalue weighted by Gasteiger charge is 2.17. The Bertz CT molecular complexity index is 877. The van der Waals surface area contributed by atoms with Gasteiger partial charge in [-0.25, -0.2) is 5.43 Å². The second-order valence-corrected chi connectivity index (χ2v) is 7.09. The number of hydrazone groups is 1. The van der Waals surface area contributed by atoms with E-state index < -0.39 is 10.8 Å². The van der Waals surface area contributed by atoms with Crippen LogP contribution < -0.4 is 15.6 Å². The molecule has 0 saturated carbocycles. The molecule has 0 bridgehead atoms. The number of morpholine rings is 1. The molecule has 1 amide bonds. The lowest BCUT2D eigenvalue weighted by molar-refractivity contribution is -0.384. The number of nitrogens with one attached hydrogen (secondary N) is 2. The Kier molecular flexibility index (Phi) is 6.56. The van der Waals surface area contributed by atoms with Gasteiger partial charge in [-0.05, 0) is 31.2 Å². The third-order valence-electron chi connectivity index (χ3n) is 4.12. The third-order valence-corrected chi connectivity index (χ3v) is 5.20. The van der Waals surface area contributed by atoms with Gasteiger partial charge >= 0.3 is 0 Å². The summed E-state index contributed by atoms with van der Waals surface area (Å²) >= 11 is 1.57. The van der Waals surface area contributed by atoms with Crippen LogP contribution in [0.3, 0.4) is 0 Å². The molecule has 28 heavy (non-hydrogen) atoms. The van der Waals surface area contributed by atoms with Gasteiger partial charge in [0.2, 0.25) is 0 Å². The molecular weight excluding hydrogens is 382 g/mol. The Balaban J connectivity index is 1.63. The van der Waals surface area contributed by atoms with Crippen molar-refractivity contribution < 1.29 is 14.5 Å². The molecule has 2 aromatic rings. The first-order valence-corrected chi connectivity index (χ1v) is 9.68. The van der Waals surface area contributed by atoms with E-state index in [0.29, 0.717) is 12.2 Å². The van der Waals surface area contributed by atoms with E-state index >= 15 is 0 Å². The lowest BCUT2D eigenvalue weighted by atomic mass is 10.1. The molecule has 2 heterocycles. The fourth-order valence-corrected chi connectivity index (χ4v) is 3.68. The number of hydrogen-bond acceptors (Lipinski definition) is 8. The summed E-state index contributed by atoms with van der Waals surface area (Å²) in [6.45, 7) is 5.54. The lowest BCUT2D eigenvalue weighted by Crippen LogP contribution is -2.35. The molecule has 2 N–H and O–H groups in total. The highest BCUT2D eigenvalue weighted by Crippen LogP contribution is 2.26. The molecular formula is C18H21N5O4S. The highest BCUT2D eigenvalue weighted by molar-refractivity contribution is 7.17. The summed E-state index contributed by atoms with van der Waals surface area (Å²) in [7, 11) is 0. The van der Waals surface area contributed by atoms with E-state index in [9.17, 15) is 14.9 Å². The fourth-order valence-electron chi connectivity index (χ4n) is 2.75. The number of nitrogens with zero attached hydrogens (tertiary/aromatic N) is 3. The summed E-state index contributed by atoms with van der Waals surface area (Å²) in [4.78, 5) is 26.1. The number of nitro benzene ring substituents is 1. The Labute approximate surface area is 166 Å². The molecule has 9 nitrogen and oxygen atoms in total. The minimum atomic E-state index is -0.517. The number of carbonyl (C=O) groups is 1. The Morgan fingerprint density at radius 3 is 2.86 bits per heavy atom. The van der Waals surface area contributed by atoms with Crippen LogP contribution in [0.25, 0.3) is 0 Å². The molecule has 10 heteroatoms. The smallest absolute Gasteiger partial charge is 0.293 e. The Hall–Kier alpha value is -2.98. The predicted octanol–water partition coefficient (Wildman–Crippen LogP) is 2.69. The Morgan fingerprint density at radius 1 is 1.36 bits per heavy atom. The maximum Gasteiger partial charge on any atom is 0.293 e. The van der Waals surface area contributed by atoms with Crippen LogP contribution in [-0.4, -0.2) is 49.9 Å². The molecule has 148 valence electrons. The first-order valence-electron chi connectivity index (χ1n) is 8.86. The van der Waals surface area contributed by atoms with E-state index in [1.165, 1.54) is 18.2 Å². The lowest BCUT2D eigenvalue weighted by Gasteiger charge is -2.27. The number of benzene rings is 1. The van der Waals surface area contributed by atoms with E-state index in [-0.39, 0.29) is 11.3 Å². The minimum Gasteiger partial charge on any atom is -0.380 e. The molecule has 0 aliphatic carbocycles. The number of hydrogen-bond donors (Lipinski definition) is 2. The fraction of sp³-hybridized carbons (Fsp3) is 0.333. The molecule has 1 aromatic heterocycles. The molecule has 0 unspecified atom stereocenters. The van der Waals surface area contributed by atoms with Crippen molar-refractivity contribution in [1.29, 1.82) is 0 Å². The van der Waals surface area contributed by atoms with Crippen LogP contribution in [0.1, 0.15) is 22.2 Å². The van der Waals surface area contributed by atoms with E-state index in [0.717, 1.165) is 36.2 Å². The maximum absolute atomic E-state index is 12.2. The molecule has 0 radical (unpaired) electrons. The van der Waals surface area contributed by atoms with Gasteiger partial charge in [-0.2, -0.15) is 5.10 Å². The van der Waals surface area contributed by atoms with Crippen LogP contribution in [0.4, 0.5) is 16.4 Å². The summed E-state index contributed by atoms with van der Waals surface area (Å²) in [5, 5.41) is 19.2. The molecule has 1 aliphatic heterocycles. The summed E-state index contributed by atoms with van der Waals surface area (Å²) in [6.07, 6.45) is 1.56. The van der Waals surface area contributed by atoms with Crippen molar-refractivity contribution in [2.75, 3.05) is 43.1 Å². The SMILES string of the molecule is CCNc1ccc(C(=O)NN=Cc2ccc(N3CCOCC3)s2)cc1[N+](=O)[O-]. The van der Waals surface area contributed by atoms with E-state index in [1.807, 2.05) is 19.1 Å². The number of thiophene rings is 1. The molecule has 1 aromatic carbocycles. The van der Waals surface area contributed by atoms with Gasteiger partial charge in [0.15, 0.2) is 0 Å². The van der Waals surface area contributed by atoms with Crippen molar-refractivity contribution >= 4 is 39.8 Å². The van der Waals surface area contributed by atoms with Crippen LogP contribution >= 0.6 is 11.3 Å². The summed E-state index contributed by atoms with van der Waals surface area (Å²) < 4.78 is 5.35. The summed E-state index contributed by atoms with van der Waals surface area (Å²) in [5.74, 6) is -0.507. The summed E-state index contributed by atoms with van der Waals surface area (Å²) in [6, 6.07) is 8.24. The average Bonchev–Trinajstić information content (AvgIpc) is 3.18. The first-order chi connectivity index (χ1) is 13.6. The van der Waals surface area contributed by atoms with Crippen molar-refractivity contribution in [3.63, 3.8) is 0 Å². The van der Waals surface area contributed by atoms with Crippen LogP contribution in [0.2, 0.25) is 0 Å². The summed E-state index contributed by atoms with van der Waals surface area (Å²) in [5.41, 5.74) is 2.82. The molecule has 1 saturated heterocycles. The van der Waals surface area contributed by atoms with Gasteiger partial charge in [0.1, 0.15) is 5.69 Å². The topological polar surface area (TPSA) is 109 Å². The van der Waals surface area contributed by atoms with Crippen molar-refractivity contribution in [3.8, 4) is 0 Å². The number of nitro groups is 1. The van der Waals surface area contributed by atoms with Gasteiger partial charge in [0.25, 0.3) is 11.6 Å². The molecule has 1 fully saturated rings. The monoisotopic (exact) mass is 403 g/mol. The van der Waals surface area contributed by atoms with Gasteiger partial charge in [0, 0.05) is 36.1 Å². The number of ether oxygens (including phenoxy) is 1. The average molecular weight is 403 g/mol. The van der Waals surface area contributed by atoms with E-state index in [1.54, 1.807) is 17.6 Å². The highest BCUT2D eigenvalue weighted by atomic mass is 32.1. The predicted molar refractivity (Wildman–Crippen MR) is 110 cm³/mol. The zero-order chi connectivity index (χ0) is 19.9. The third kappa shape index (κ3) is 4.84. The zero-order valence-corrected chi connectivity index (χ0v) is 16.2. The van der Waals surface area contributed by atoms with E-state index in [4.69, 9.17) is 4.74 Å². The Morgan fingerprint density at radius 2 is 2.14 bits per heavy atom. The molecule has 1 aliphatic rings. The van der Waals surface area contributed by atoms with Crippen LogP contribution in [0, 0.1) is 10.1 Å². The van der Waals surface area contributed by atoms with Crippen LogP contribution in [0.15, 0.2) is 35.4 Å².